The van der Waals surface area contributed by atoms with Crippen molar-refractivity contribution in [1.82, 2.24) is 0 Å². The molecule has 3 rings (SSSR count). The minimum Gasteiger partial charge on any atom is -0.300 e. The van der Waals surface area contributed by atoms with E-state index in [1.165, 1.54) is 16.7 Å². The molecule has 0 amide bonds. The average Bonchev–Trinajstić information content (AvgIpc) is 2.87. The van der Waals surface area contributed by atoms with Crippen molar-refractivity contribution in [2.75, 3.05) is 0 Å². The Morgan fingerprint density at radius 1 is 0.833 bits per heavy atom. The van der Waals surface area contributed by atoms with Crippen molar-refractivity contribution >= 4 is 5.78 Å². The molecule has 90 valence electrons. The Kier molecular flexibility index (Phi) is 2.97. The van der Waals surface area contributed by atoms with Crippen molar-refractivity contribution in [2.24, 2.45) is 0 Å². The minimum atomic E-state index is 0.409. The van der Waals surface area contributed by atoms with E-state index in [-0.39, 0.29) is 0 Å². The van der Waals surface area contributed by atoms with E-state index in [9.17, 15) is 4.79 Å². The van der Waals surface area contributed by atoms with Crippen LogP contribution in [0.3, 0.4) is 0 Å². The average molecular weight is 236 g/mol. The summed E-state index contributed by atoms with van der Waals surface area (Å²) in [7, 11) is 0. The van der Waals surface area contributed by atoms with Crippen LogP contribution in [0.5, 0.6) is 0 Å². The molecule has 18 heavy (non-hydrogen) atoms. The lowest BCUT2D eigenvalue weighted by molar-refractivity contribution is -0.117. The summed E-state index contributed by atoms with van der Waals surface area (Å²) in [6.07, 6.45) is 2.50. The number of benzene rings is 2. The van der Waals surface area contributed by atoms with Crippen LogP contribution in [0.4, 0.5) is 0 Å². The summed E-state index contributed by atoms with van der Waals surface area (Å²) in [4.78, 5) is 11.3. The van der Waals surface area contributed by atoms with Crippen molar-refractivity contribution in [3.63, 3.8) is 0 Å². The van der Waals surface area contributed by atoms with Gasteiger partial charge in [-0.1, -0.05) is 54.6 Å². The summed E-state index contributed by atoms with van der Waals surface area (Å²) in [5.41, 5.74) is 3.79. The third-order valence-electron chi connectivity index (χ3n) is 3.73. The molecule has 0 aliphatic heterocycles. The number of carbonyl (C=O) groups excluding carboxylic acids is 1. The first-order valence-corrected chi connectivity index (χ1v) is 6.50. The molecule has 1 aliphatic carbocycles. The van der Waals surface area contributed by atoms with Crippen LogP contribution in [-0.4, -0.2) is 5.78 Å². The van der Waals surface area contributed by atoms with Crippen LogP contribution < -0.4 is 0 Å². The van der Waals surface area contributed by atoms with E-state index in [1.807, 2.05) is 6.07 Å². The molecular weight excluding hydrogens is 220 g/mol. The molecule has 1 aliphatic rings. The van der Waals surface area contributed by atoms with Gasteiger partial charge in [0.05, 0.1) is 0 Å². The molecule has 0 spiro atoms. The first-order valence-electron chi connectivity index (χ1n) is 6.50. The van der Waals surface area contributed by atoms with Crippen molar-refractivity contribution in [2.45, 2.75) is 25.2 Å². The van der Waals surface area contributed by atoms with Crippen LogP contribution in [0.1, 0.15) is 30.7 Å². The number of rotatable bonds is 2. The SMILES string of the molecule is O=C1CCC(c2ccc(-c3ccccc3)cc2)C1. The molecule has 1 fully saturated rings. The topological polar surface area (TPSA) is 17.1 Å². The molecule has 0 N–H and O–H groups in total. The minimum absolute atomic E-state index is 0.409. The van der Waals surface area contributed by atoms with E-state index in [1.54, 1.807) is 0 Å². The van der Waals surface area contributed by atoms with Crippen LogP contribution in [0.25, 0.3) is 11.1 Å². The molecule has 2 aromatic carbocycles. The third-order valence-corrected chi connectivity index (χ3v) is 3.73. The van der Waals surface area contributed by atoms with E-state index in [0.717, 1.165) is 19.3 Å². The van der Waals surface area contributed by atoms with Crippen LogP contribution in [-0.2, 0) is 4.79 Å². The van der Waals surface area contributed by atoms with Crippen molar-refractivity contribution in [3.8, 4) is 11.1 Å². The highest BCUT2D eigenvalue weighted by atomic mass is 16.1. The summed E-state index contributed by atoms with van der Waals surface area (Å²) < 4.78 is 0. The van der Waals surface area contributed by atoms with Gasteiger partial charge in [0.2, 0.25) is 0 Å². The molecule has 1 heteroatoms. The Balaban J connectivity index is 1.83. The zero-order valence-corrected chi connectivity index (χ0v) is 10.3. The normalized spacial score (nSPS) is 19.1. The lowest BCUT2D eigenvalue weighted by Crippen LogP contribution is -1.93. The van der Waals surface area contributed by atoms with Gasteiger partial charge in [0.15, 0.2) is 0 Å². The van der Waals surface area contributed by atoms with Gasteiger partial charge in [-0.3, -0.25) is 4.79 Å². The lowest BCUT2D eigenvalue weighted by atomic mass is 9.95. The highest BCUT2D eigenvalue weighted by Gasteiger charge is 2.23. The van der Waals surface area contributed by atoms with Crippen LogP contribution >= 0.6 is 0 Å². The predicted molar refractivity (Wildman–Crippen MR) is 73.5 cm³/mol. The lowest BCUT2D eigenvalue weighted by Gasteiger charge is -2.09. The van der Waals surface area contributed by atoms with E-state index in [4.69, 9.17) is 0 Å². The summed E-state index contributed by atoms with van der Waals surface area (Å²) in [6.45, 7) is 0. The number of hydrogen-bond donors (Lipinski definition) is 0. The van der Waals surface area contributed by atoms with E-state index in [0.29, 0.717) is 11.7 Å². The zero-order chi connectivity index (χ0) is 12.4. The molecule has 1 nitrogen and oxygen atoms in total. The second-order valence-electron chi connectivity index (χ2n) is 4.97. The number of ketones is 1. The standard InChI is InChI=1S/C17H16O/c18-17-11-10-16(12-17)15-8-6-14(7-9-15)13-4-2-1-3-5-13/h1-9,16H,10-12H2. The fraction of sp³-hybridized carbons (Fsp3) is 0.235. The van der Waals surface area contributed by atoms with Gasteiger partial charge in [0, 0.05) is 12.8 Å². The van der Waals surface area contributed by atoms with Crippen molar-refractivity contribution < 1.29 is 4.79 Å². The molecule has 0 saturated heterocycles. The maximum absolute atomic E-state index is 11.3. The molecule has 1 atom stereocenters. The molecule has 0 aromatic heterocycles. The van der Waals surface area contributed by atoms with Gasteiger partial charge in [-0.05, 0) is 29.0 Å². The molecule has 0 radical (unpaired) electrons. The Morgan fingerprint density at radius 3 is 2.11 bits per heavy atom. The summed E-state index contributed by atoms with van der Waals surface area (Å²) >= 11 is 0. The van der Waals surface area contributed by atoms with Crippen LogP contribution in [0.2, 0.25) is 0 Å². The highest BCUT2D eigenvalue weighted by Crippen LogP contribution is 2.33. The van der Waals surface area contributed by atoms with E-state index in [2.05, 4.69) is 48.5 Å². The maximum Gasteiger partial charge on any atom is 0.133 e. The smallest absolute Gasteiger partial charge is 0.133 e. The predicted octanol–water partition coefficient (Wildman–Crippen LogP) is 4.19. The van der Waals surface area contributed by atoms with Gasteiger partial charge in [0.25, 0.3) is 0 Å². The molecule has 1 saturated carbocycles. The summed E-state index contributed by atoms with van der Waals surface area (Å²) in [5, 5.41) is 0. The first-order chi connectivity index (χ1) is 8.83. The monoisotopic (exact) mass is 236 g/mol. The number of Topliss-reactive ketones (excluding diaryl/α,β-unsaturated/α-hetero) is 1. The third kappa shape index (κ3) is 2.21. The quantitative estimate of drug-likeness (QED) is 0.764. The number of hydrogen-bond acceptors (Lipinski definition) is 1. The second kappa shape index (κ2) is 4.77. The highest BCUT2D eigenvalue weighted by molar-refractivity contribution is 5.81. The molecular formula is C17H16O. The van der Waals surface area contributed by atoms with Crippen LogP contribution in [0, 0.1) is 0 Å². The largest absolute Gasteiger partial charge is 0.300 e. The fourth-order valence-electron chi connectivity index (χ4n) is 2.68. The van der Waals surface area contributed by atoms with Crippen LogP contribution in [0.15, 0.2) is 54.6 Å². The Morgan fingerprint density at radius 2 is 1.50 bits per heavy atom. The first kappa shape index (κ1) is 11.2. The molecule has 2 aromatic rings. The maximum atomic E-state index is 11.3. The summed E-state index contributed by atoms with van der Waals surface area (Å²) in [5.74, 6) is 0.856. The number of carbonyl (C=O) groups is 1. The van der Waals surface area contributed by atoms with Gasteiger partial charge in [-0.15, -0.1) is 0 Å². The fourth-order valence-corrected chi connectivity index (χ4v) is 2.68. The van der Waals surface area contributed by atoms with Crippen molar-refractivity contribution in [3.05, 3.63) is 60.2 Å². The second-order valence-corrected chi connectivity index (χ2v) is 4.97. The molecule has 0 bridgehead atoms. The Bertz CT molecular complexity index is 540. The van der Waals surface area contributed by atoms with Gasteiger partial charge in [0.1, 0.15) is 5.78 Å². The van der Waals surface area contributed by atoms with E-state index >= 15 is 0 Å². The Hall–Kier alpha value is -1.89. The molecule has 1 unspecified atom stereocenters. The van der Waals surface area contributed by atoms with E-state index < -0.39 is 0 Å². The van der Waals surface area contributed by atoms with Gasteiger partial charge in [-0.2, -0.15) is 0 Å². The van der Waals surface area contributed by atoms with Gasteiger partial charge < -0.3 is 0 Å². The van der Waals surface area contributed by atoms with Crippen molar-refractivity contribution in [1.29, 1.82) is 0 Å². The summed E-state index contributed by atoms with van der Waals surface area (Å²) in [6, 6.07) is 19.0. The zero-order valence-electron chi connectivity index (χ0n) is 10.3. The molecule has 0 heterocycles. The Labute approximate surface area is 107 Å². The van der Waals surface area contributed by atoms with Gasteiger partial charge >= 0.3 is 0 Å². The van der Waals surface area contributed by atoms with Gasteiger partial charge in [-0.25, -0.2) is 0 Å².